The van der Waals surface area contributed by atoms with Crippen molar-refractivity contribution >= 4 is 29.2 Å². The minimum atomic E-state index is -0.655. The number of nitro benzene ring substituents is 1. The van der Waals surface area contributed by atoms with Crippen molar-refractivity contribution in [1.29, 1.82) is 0 Å². The van der Waals surface area contributed by atoms with Crippen molar-refractivity contribution in [2.45, 2.75) is 0 Å². The first-order valence-electron chi connectivity index (χ1n) is 3.63. The summed E-state index contributed by atoms with van der Waals surface area (Å²) in [5.41, 5.74) is -0.324. The first kappa shape index (κ1) is 10.5. The molecule has 1 aromatic carbocycles. The second-order valence-corrected chi connectivity index (χ2v) is 2.34. The average Bonchev–Trinajstić information content (AvgIpc) is 2.21. The molecule has 0 amide bonds. The summed E-state index contributed by atoms with van der Waals surface area (Å²) in [6.45, 7) is 0. The summed E-state index contributed by atoms with van der Waals surface area (Å²) in [7, 11) is 0. The van der Waals surface area contributed by atoms with Gasteiger partial charge in [0.15, 0.2) is 0 Å². The molecule has 0 spiro atoms. The predicted molar refractivity (Wildman–Crippen MR) is 48.7 cm³/mol. The smallest absolute Gasteiger partial charge is 0.258 e. The third-order valence-electron chi connectivity index (χ3n) is 1.50. The van der Waals surface area contributed by atoms with Crippen LogP contribution in [0.1, 0.15) is 0 Å². The Labute approximate surface area is 82.9 Å². The Kier molecular flexibility index (Phi) is 3.19. The fraction of sp³-hybridized carbons (Fsp3) is 0. The van der Waals surface area contributed by atoms with Gasteiger partial charge in [-0.15, -0.1) is 0 Å². The summed E-state index contributed by atoms with van der Waals surface area (Å²) in [4.78, 5) is 36.1. The molecule has 0 aromatic heterocycles. The van der Waals surface area contributed by atoms with Gasteiger partial charge >= 0.3 is 0 Å². The van der Waals surface area contributed by atoms with Crippen molar-refractivity contribution < 1.29 is 14.5 Å². The fourth-order valence-electron chi connectivity index (χ4n) is 0.908. The highest BCUT2D eigenvalue weighted by atomic mass is 16.6. The van der Waals surface area contributed by atoms with Gasteiger partial charge in [0, 0.05) is 12.1 Å². The van der Waals surface area contributed by atoms with Crippen LogP contribution in [0.25, 0.3) is 0 Å². The molecule has 0 N–H and O–H groups in total. The quantitative estimate of drug-likeness (QED) is 0.323. The molecule has 7 nitrogen and oxygen atoms in total. The molecule has 0 aliphatic heterocycles. The minimum Gasteiger partial charge on any atom is -0.258 e. The van der Waals surface area contributed by atoms with Gasteiger partial charge in [0.1, 0.15) is 11.4 Å². The summed E-state index contributed by atoms with van der Waals surface area (Å²) in [5, 5.41) is 10.4. The van der Waals surface area contributed by atoms with E-state index < -0.39 is 4.92 Å². The molecule has 0 saturated heterocycles. The highest BCUT2D eigenvalue weighted by molar-refractivity contribution is 5.70. The number of aliphatic imine (C=N–C) groups is 2. The molecule has 0 unspecified atom stereocenters. The first-order valence-corrected chi connectivity index (χ1v) is 3.63. The molecule has 1 aromatic rings. The van der Waals surface area contributed by atoms with Crippen LogP contribution in [-0.4, -0.2) is 17.1 Å². The second-order valence-electron chi connectivity index (χ2n) is 2.34. The molecule has 0 heterocycles. The van der Waals surface area contributed by atoms with Gasteiger partial charge in [0.2, 0.25) is 12.2 Å². The largest absolute Gasteiger partial charge is 0.271 e. The molecular formula is C8H3N3O4. The topological polar surface area (TPSA) is 102 Å². The van der Waals surface area contributed by atoms with Crippen LogP contribution >= 0.6 is 0 Å². The summed E-state index contributed by atoms with van der Waals surface area (Å²) in [6.07, 6.45) is 2.46. The van der Waals surface area contributed by atoms with Crippen LogP contribution in [0.2, 0.25) is 0 Å². The highest BCUT2D eigenvalue weighted by Crippen LogP contribution is 2.30. The third kappa shape index (κ3) is 2.41. The van der Waals surface area contributed by atoms with E-state index in [1.54, 1.807) is 0 Å². The third-order valence-corrected chi connectivity index (χ3v) is 1.50. The number of nitrogens with zero attached hydrogens (tertiary/aromatic N) is 3. The Bertz CT molecular complexity index is 499. The van der Waals surface area contributed by atoms with Gasteiger partial charge < -0.3 is 0 Å². The Morgan fingerprint density at radius 1 is 1.13 bits per heavy atom. The summed E-state index contributed by atoms with van der Waals surface area (Å²) in [6, 6.07) is 3.35. The lowest BCUT2D eigenvalue weighted by Gasteiger charge is -1.95. The highest BCUT2D eigenvalue weighted by Gasteiger charge is 2.09. The van der Waals surface area contributed by atoms with E-state index in [-0.39, 0.29) is 17.1 Å². The second kappa shape index (κ2) is 4.57. The normalized spacial score (nSPS) is 8.53. The number of nitro groups is 1. The number of benzene rings is 1. The van der Waals surface area contributed by atoms with E-state index in [0.717, 1.165) is 12.1 Å². The lowest BCUT2D eigenvalue weighted by Crippen LogP contribution is -1.86. The van der Waals surface area contributed by atoms with E-state index in [2.05, 4.69) is 9.98 Å². The maximum absolute atomic E-state index is 10.4. The van der Waals surface area contributed by atoms with E-state index in [1.807, 2.05) is 0 Å². The van der Waals surface area contributed by atoms with Gasteiger partial charge in [-0.1, -0.05) is 0 Å². The predicted octanol–water partition coefficient (Wildman–Crippen LogP) is 1.53. The number of hydrogen-bond acceptors (Lipinski definition) is 6. The zero-order chi connectivity index (χ0) is 11.3. The molecule has 0 saturated carbocycles. The first-order chi connectivity index (χ1) is 7.19. The van der Waals surface area contributed by atoms with Crippen LogP contribution in [-0.2, 0) is 9.59 Å². The molecular weight excluding hydrogens is 202 g/mol. The number of hydrogen-bond donors (Lipinski definition) is 0. The Balaban J connectivity index is 3.38. The van der Waals surface area contributed by atoms with Gasteiger partial charge in [0.05, 0.1) is 4.92 Å². The van der Waals surface area contributed by atoms with Crippen molar-refractivity contribution in [3.63, 3.8) is 0 Å². The Morgan fingerprint density at radius 3 is 2.27 bits per heavy atom. The van der Waals surface area contributed by atoms with Gasteiger partial charge in [-0.25, -0.2) is 9.59 Å². The van der Waals surface area contributed by atoms with Gasteiger partial charge in [-0.2, -0.15) is 9.98 Å². The van der Waals surface area contributed by atoms with Crippen LogP contribution in [0.3, 0.4) is 0 Å². The molecule has 0 fully saturated rings. The Morgan fingerprint density at radius 2 is 1.73 bits per heavy atom. The number of carbonyl (C=O) groups excluding carboxylic acids is 2. The molecule has 1 rings (SSSR count). The van der Waals surface area contributed by atoms with Crippen molar-refractivity contribution in [2.75, 3.05) is 0 Å². The van der Waals surface area contributed by atoms with Crippen molar-refractivity contribution in [2.24, 2.45) is 9.98 Å². The Hall–Kier alpha value is -2.62. The molecule has 0 bridgehead atoms. The van der Waals surface area contributed by atoms with Crippen molar-refractivity contribution in [3.05, 3.63) is 28.3 Å². The monoisotopic (exact) mass is 205 g/mol. The molecule has 0 radical (unpaired) electrons. The van der Waals surface area contributed by atoms with Gasteiger partial charge in [0.25, 0.3) is 5.69 Å². The molecule has 74 valence electrons. The summed E-state index contributed by atoms with van der Waals surface area (Å²) < 4.78 is 0. The molecule has 0 atom stereocenters. The zero-order valence-electron chi connectivity index (χ0n) is 7.21. The molecule has 0 aliphatic carbocycles. The number of non-ortho nitro benzene ring substituents is 1. The van der Waals surface area contributed by atoms with E-state index >= 15 is 0 Å². The zero-order valence-corrected chi connectivity index (χ0v) is 7.21. The van der Waals surface area contributed by atoms with Crippen molar-refractivity contribution in [1.82, 2.24) is 0 Å². The average molecular weight is 205 g/mol. The SMILES string of the molecule is O=C=Nc1ccc([N+](=O)[O-])cc1N=C=O. The molecule has 7 heteroatoms. The standard InChI is InChI=1S/C8H3N3O4/c12-4-9-7-2-1-6(11(14)15)3-8(7)10-5-13/h1-3H. The van der Waals surface area contributed by atoms with E-state index in [1.165, 1.54) is 18.2 Å². The van der Waals surface area contributed by atoms with Crippen LogP contribution < -0.4 is 0 Å². The van der Waals surface area contributed by atoms with Gasteiger partial charge in [-0.05, 0) is 6.07 Å². The molecule has 15 heavy (non-hydrogen) atoms. The van der Waals surface area contributed by atoms with Crippen LogP contribution in [0.4, 0.5) is 17.1 Å². The fourth-order valence-corrected chi connectivity index (χ4v) is 0.908. The van der Waals surface area contributed by atoms with E-state index in [0.29, 0.717) is 0 Å². The van der Waals surface area contributed by atoms with Crippen LogP contribution in [0, 0.1) is 10.1 Å². The number of rotatable bonds is 3. The van der Waals surface area contributed by atoms with E-state index in [4.69, 9.17) is 0 Å². The van der Waals surface area contributed by atoms with Crippen LogP contribution in [0.5, 0.6) is 0 Å². The van der Waals surface area contributed by atoms with Crippen molar-refractivity contribution in [3.8, 4) is 0 Å². The number of isocyanates is 2. The molecule has 0 aliphatic rings. The summed E-state index contributed by atoms with van der Waals surface area (Å²) >= 11 is 0. The van der Waals surface area contributed by atoms with E-state index in [9.17, 15) is 19.7 Å². The maximum Gasteiger partial charge on any atom is 0.271 e. The maximum atomic E-state index is 10.4. The lowest BCUT2D eigenvalue weighted by atomic mass is 10.2. The minimum absolute atomic E-state index is 0.0268. The lowest BCUT2D eigenvalue weighted by molar-refractivity contribution is -0.384. The van der Waals surface area contributed by atoms with Gasteiger partial charge in [-0.3, -0.25) is 10.1 Å². The van der Waals surface area contributed by atoms with Crippen LogP contribution in [0.15, 0.2) is 28.2 Å². The summed E-state index contributed by atoms with van der Waals surface area (Å²) in [5.74, 6) is 0.